The smallest absolute Gasteiger partial charge is 0.430 e. The third-order valence-corrected chi connectivity index (χ3v) is 1.99. The summed E-state index contributed by atoms with van der Waals surface area (Å²) in [5, 5.41) is 7.50. The normalized spacial score (nSPS) is 10.4. The van der Waals surface area contributed by atoms with Crippen LogP contribution in [0.4, 0.5) is 4.79 Å². The summed E-state index contributed by atoms with van der Waals surface area (Å²) in [6.07, 6.45) is -0.849. The minimum atomic E-state index is -0.849. The van der Waals surface area contributed by atoms with Gasteiger partial charge in [0.05, 0.1) is 6.61 Å². The van der Waals surface area contributed by atoms with E-state index in [1.165, 1.54) is 7.11 Å². The lowest BCUT2D eigenvalue weighted by Gasteiger charge is -2.04. The van der Waals surface area contributed by atoms with Crippen LogP contribution in [0, 0.1) is 0 Å². The first-order valence-corrected chi connectivity index (χ1v) is 4.96. The Morgan fingerprint density at radius 1 is 1.35 bits per heavy atom. The number of aromatic nitrogens is 3. The summed E-state index contributed by atoms with van der Waals surface area (Å²) in [6, 6.07) is 7.11. The van der Waals surface area contributed by atoms with Gasteiger partial charge in [-0.15, -0.1) is 5.10 Å². The molecule has 2 aromatic rings. The van der Waals surface area contributed by atoms with E-state index in [4.69, 9.17) is 14.3 Å². The highest BCUT2D eigenvalue weighted by Gasteiger charge is 2.10. The molecular formula is C10H11N3O4. The number of benzene rings is 1. The van der Waals surface area contributed by atoms with Crippen LogP contribution >= 0.6 is 0 Å². The van der Waals surface area contributed by atoms with Gasteiger partial charge in [0.25, 0.3) is 0 Å². The number of para-hydroxylation sites is 1. The topological polar surface area (TPSA) is 75.5 Å². The van der Waals surface area contributed by atoms with Crippen LogP contribution in [0.5, 0.6) is 0 Å². The molecule has 7 nitrogen and oxygen atoms in total. The lowest BCUT2D eigenvalue weighted by molar-refractivity contribution is 0.0246. The first-order valence-electron chi connectivity index (χ1n) is 4.96. The number of methoxy groups -OCH3 is 1. The number of hydrogen-bond acceptors (Lipinski definition) is 6. The van der Waals surface area contributed by atoms with Gasteiger partial charge in [-0.25, -0.2) is 4.79 Å². The minimum absolute atomic E-state index is 0.127. The van der Waals surface area contributed by atoms with Crippen LogP contribution in [-0.4, -0.2) is 41.6 Å². The molecule has 0 N–H and O–H groups in total. The third-order valence-electron chi connectivity index (χ3n) is 1.99. The molecule has 0 saturated carbocycles. The van der Waals surface area contributed by atoms with Crippen molar-refractivity contribution < 1.29 is 19.1 Å². The second-order valence-electron chi connectivity index (χ2n) is 3.13. The van der Waals surface area contributed by atoms with Crippen LogP contribution in [0.2, 0.25) is 0 Å². The fourth-order valence-electron chi connectivity index (χ4n) is 1.22. The van der Waals surface area contributed by atoms with Crippen molar-refractivity contribution in [1.29, 1.82) is 0 Å². The van der Waals surface area contributed by atoms with E-state index < -0.39 is 6.16 Å². The Labute approximate surface area is 96.8 Å². The Bertz CT molecular complexity index is 511. The van der Waals surface area contributed by atoms with Crippen LogP contribution in [0.1, 0.15) is 0 Å². The summed E-state index contributed by atoms with van der Waals surface area (Å²) in [4.78, 5) is 17.1. The molecule has 1 aromatic carbocycles. The van der Waals surface area contributed by atoms with Crippen molar-refractivity contribution in [2.75, 3.05) is 20.3 Å². The zero-order valence-corrected chi connectivity index (χ0v) is 9.20. The molecule has 0 aliphatic rings. The quantitative estimate of drug-likeness (QED) is 0.441. The van der Waals surface area contributed by atoms with E-state index in [0.29, 0.717) is 17.6 Å². The van der Waals surface area contributed by atoms with E-state index in [1.807, 2.05) is 6.07 Å². The molecule has 0 amide bonds. The van der Waals surface area contributed by atoms with Gasteiger partial charge in [0.15, 0.2) is 0 Å². The van der Waals surface area contributed by atoms with E-state index >= 15 is 0 Å². The van der Waals surface area contributed by atoms with Gasteiger partial charge >= 0.3 is 6.16 Å². The molecular weight excluding hydrogens is 226 g/mol. The third kappa shape index (κ3) is 2.70. The Morgan fingerprint density at radius 2 is 2.18 bits per heavy atom. The van der Waals surface area contributed by atoms with E-state index in [0.717, 1.165) is 4.85 Å². The largest absolute Gasteiger partial charge is 0.535 e. The average molecular weight is 237 g/mol. The maximum absolute atomic E-state index is 11.2. The van der Waals surface area contributed by atoms with E-state index in [-0.39, 0.29) is 6.61 Å². The molecule has 0 radical (unpaired) electrons. The molecule has 0 fully saturated rings. The fraction of sp³-hybridized carbons (Fsp3) is 0.300. The maximum atomic E-state index is 11.2. The predicted molar refractivity (Wildman–Crippen MR) is 57.3 cm³/mol. The summed E-state index contributed by atoms with van der Waals surface area (Å²) in [5.74, 6) is 0. The maximum Gasteiger partial charge on any atom is 0.535 e. The Hall–Kier alpha value is -2.15. The van der Waals surface area contributed by atoms with Gasteiger partial charge in [-0.05, 0) is 17.3 Å². The Morgan fingerprint density at radius 3 is 3.00 bits per heavy atom. The predicted octanol–water partition coefficient (Wildman–Crippen LogP) is 0.643. The second kappa shape index (κ2) is 5.26. The summed E-state index contributed by atoms with van der Waals surface area (Å²) in [7, 11) is 1.51. The molecule has 0 unspecified atom stereocenters. The molecule has 0 spiro atoms. The second-order valence-corrected chi connectivity index (χ2v) is 3.13. The zero-order valence-electron chi connectivity index (χ0n) is 9.20. The monoisotopic (exact) mass is 237 g/mol. The Balaban J connectivity index is 2.01. The summed E-state index contributed by atoms with van der Waals surface area (Å²) in [5.41, 5.74) is 1.23. The molecule has 0 aliphatic carbocycles. The van der Waals surface area contributed by atoms with Crippen molar-refractivity contribution in [3.8, 4) is 0 Å². The van der Waals surface area contributed by atoms with Crippen molar-refractivity contribution >= 4 is 17.2 Å². The molecule has 2 rings (SSSR count). The molecule has 0 atom stereocenters. The van der Waals surface area contributed by atoms with Crippen molar-refractivity contribution in [1.82, 2.24) is 15.2 Å². The molecule has 1 heterocycles. The standard InChI is InChI=1S/C10H11N3O4/c1-15-6-7-16-10(14)17-13-9-5-3-2-4-8(9)11-12-13/h2-5H,6-7H2,1H3. The molecule has 0 saturated heterocycles. The van der Waals surface area contributed by atoms with Gasteiger partial charge < -0.3 is 9.47 Å². The van der Waals surface area contributed by atoms with Crippen molar-refractivity contribution in [2.24, 2.45) is 0 Å². The first kappa shape index (κ1) is 11.3. The number of hydrogen-bond donors (Lipinski definition) is 0. The highest BCUT2D eigenvalue weighted by Crippen LogP contribution is 2.08. The average Bonchev–Trinajstić information content (AvgIpc) is 2.73. The molecule has 90 valence electrons. The number of rotatable bonds is 4. The minimum Gasteiger partial charge on any atom is -0.430 e. The van der Waals surface area contributed by atoms with Gasteiger partial charge in [-0.1, -0.05) is 17.0 Å². The molecule has 0 aliphatic heterocycles. The highest BCUT2D eigenvalue weighted by atomic mass is 16.8. The molecule has 0 bridgehead atoms. The van der Waals surface area contributed by atoms with Crippen LogP contribution in [0.25, 0.3) is 11.0 Å². The van der Waals surface area contributed by atoms with Crippen molar-refractivity contribution in [3.63, 3.8) is 0 Å². The first-order chi connectivity index (χ1) is 8.31. The lowest BCUT2D eigenvalue weighted by atomic mass is 10.3. The van der Waals surface area contributed by atoms with Gasteiger partial charge in [-0.2, -0.15) is 0 Å². The highest BCUT2D eigenvalue weighted by molar-refractivity contribution is 5.74. The fourth-order valence-corrected chi connectivity index (χ4v) is 1.22. The lowest BCUT2D eigenvalue weighted by Crippen LogP contribution is -2.23. The summed E-state index contributed by atoms with van der Waals surface area (Å²) in [6.45, 7) is 0.440. The SMILES string of the molecule is COCCOC(=O)On1nnc2ccccc21. The van der Waals surface area contributed by atoms with E-state index in [1.54, 1.807) is 18.2 Å². The van der Waals surface area contributed by atoms with Crippen LogP contribution in [-0.2, 0) is 9.47 Å². The van der Waals surface area contributed by atoms with Gasteiger partial charge in [-0.3, -0.25) is 4.84 Å². The number of ether oxygens (including phenoxy) is 2. The number of carbonyl (C=O) groups is 1. The van der Waals surface area contributed by atoms with Crippen molar-refractivity contribution in [2.45, 2.75) is 0 Å². The van der Waals surface area contributed by atoms with E-state index in [9.17, 15) is 4.79 Å². The summed E-state index contributed by atoms with van der Waals surface area (Å²) >= 11 is 0. The number of fused-ring (bicyclic) bond motifs is 1. The van der Waals surface area contributed by atoms with Gasteiger partial charge in [0.1, 0.15) is 17.6 Å². The van der Waals surface area contributed by atoms with Crippen molar-refractivity contribution in [3.05, 3.63) is 24.3 Å². The Kier molecular flexibility index (Phi) is 3.51. The van der Waals surface area contributed by atoms with E-state index in [2.05, 4.69) is 10.3 Å². The van der Waals surface area contributed by atoms with Gasteiger partial charge in [0.2, 0.25) is 0 Å². The van der Waals surface area contributed by atoms with Crippen LogP contribution < -0.4 is 4.84 Å². The zero-order chi connectivity index (χ0) is 12.1. The van der Waals surface area contributed by atoms with Crippen LogP contribution in [0.15, 0.2) is 24.3 Å². The number of carbonyl (C=O) groups excluding carboxylic acids is 1. The molecule has 1 aromatic heterocycles. The molecule has 7 heteroatoms. The molecule has 17 heavy (non-hydrogen) atoms. The number of nitrogens with zero attached hydrogens (tertiary/aromatic N) is 3. The van der Waals surface area contributed by atoms with Gasteiger partial charge in [0, 0.05) is 7.11 Å². The summed E-state index contributed by atoms with van der Waals surface area (Å²) < 4.78 is 9.46. The van der Waals surface area contributed by atoms with Crippen LogP contribution in [0.3, 0.4) is 0 Å².